The summed E-state index contributed by atoms with van der Waals surface area (Å²) in [5.41, 5.74) is 2.05. The van der Waals surface area contributed by atoms with E-state index in [0.717, 1.165) is 16.6 Å². The number of alkyl halides is 1. The van der Waals surface area contributed by atoms with Crippen molar-refractivity contribution in [3.63, 3.8) is 0 Å². The molecule has 0 saturated heterocycles. The standard InChI is InChI=1S/C10H7BrCl2N2/c11-4-7-3-8(12)1-2-10(7)15-6-9(13)5-14-15/h1-3,5-6H,4H2. The molecule has 0 unspecified atom stereocenters. The molecule has 1 aromatic carbocycles. The molecule has 0 amide bonds. The van der Waals surface area contributed by atoms with Crippen LogP contribution in [0.1, 0.15) is 5.56 Å². The smallest absolute Gasteiger partial charge is 0.0790 e. The quantitative estimate of drug-likeness (QED) is 0.765. The molecule has 2 rings (SSSR count). The summed E-state index contributed by atoms with van der Waals surface area (Å²) in [6.07, 6.45) is 3.37. The number of rotatable bonds is 2. The second-order valence-electron chi connectivity index (χ2n) is 3.01. The van der Waals surface area contributed by atoms with E-state index in [1.807, 2.05) is 18.2 Å². The van der Waals surface area contributed by atoms with Crippen LogP contribution in [0, 0.1) is 0 Å². The summed E-state index contributed by atoms with van der Waals surface area (Å²) < 4.78 is 1.73. The van der Waals surface area contributed by atoms with Crippen LogP contribution < -0.4 is 0 Å². The maximum absolute atomic E-state index is 5.91. The average molecular weight is 306 g/mol. The van der Waals surface area contributed by atoms with E-state index in [0.29, 0.717) is 10.0 Å². The van der Waals surface area contributed by atoms with E-state index >= 15 is 0 Å². The van der Waals surface area contributed by atoms with Gasteiger partial charge < -0.3 is 0 Å². The molecular weight excluding hydrogens is 299 g/mol. The van der Waals surface area contributed by atoms with Gasteiger partial charge in [0.15, 0.2) is 0 Å². The Morgan fingerprint density at radius 2 is 2.07 bits per heavy atom. The van der Waals surface area contributed by atoms with Crippen molar-refractivity contribution in [3.8, 4) is 5.69 Å². The first-order valence-electron chi connectivity index (χ1n) is 4.25. The molecule has 2 nitrogen and oxygen atoms in total. The number of nitrogens with zero attached hydrogens (tertiary/aromatic N) is 2. The molecule has 0 radical (unpaired) electrons. The van der Waals surface area contributed by atoms with Crippen LogP contribution in [0.25, 0.3) is 5.69 Å². The molecule has 15 heavy (non-hydrogen) atoms. The fourth-order valence-electron chi connectivity index (χ4n) is 1.32. The minimum absolute atomic E-state index is 0.616. The predicted molar refractivity (Wildman–Crippen MR) is 66.2 cm³/mol. The lowest BCUT2D eigenvalue weighted by Gasteiger charge is -2.07. The molecular formula is C10H7BrCl2N2. The van der Waals surface area contributed by atoms with Gasteiger partial charge in [-0.1, -0.05) is 39.1 Å². The first kappa shape index (κ1) is 11.0. The van der Waals surface area contributed by atoms with Crippen molar-refractivity contribution in [3.05, 3.63) is 46.2 Å². The van der Waals surface area contributed by atoms with Crippen LogP contribution in [0.15, 0.2) is 30.6 Å². The highest BCUT2D eigenvalue weighted by molar-refractivity contribution is 9.08. The summed E-state index contributed by atoms with van der Waals surface area (Å²) in [6.45, 7) is 0. The Hall–Kier alpha value is -0.510. The van der Waals surface area contributed by atoms with Gasteiger partial charge >= 0.3 is 0 Å². The Balaban J connectivity index is 2.52. The third-order valence-electron chi connectivity index (χ3n) is 1.98. The molecule has 0 aliphatic rings. The summed E-state index contributed by atoms with van der Waals surface area (Å²) in [6, 6.07) is 5.65. The highest BCUT2D eigenvalue weighted by Crippen LogP contribution is 2.22. The fraction of sp³-hybridized carbons (Fsp3) is 0.100. The molecule has 0 bridgehead atoms. The second-order valence-corrected chi connectivity index (χ2v) is 4.44. The normalized spacial score (nSPS) is 10.6. The van der Waals surface area contributed by atoms with Gasteiger partial charge in [-0.2, -0.15) is 5.10 Å². The average Bonchev–Trinajstić information content (AvgIpc) is 2.64. The van der Waals surface area contributed by atoms with E-state index in [2.05, 4.69) is 21.0 Å². The van der Waals surface area contributed by atoms with Gasteiger partial charge in [0.25, 0.3) is 0 Å². The molecule has 78 valence electrons. The van der Waals surface area contributed by atoms with Crippen LogP contribution in [0.3, 0.4) is 0 Å². The minimum atomic E-state index is 0.616. The maximum Gasteiger partial charge on any atom is 0.0790 e. The van der Waals surface area contributed by atoms with Crippen LogP contribution >= 0.6 is 39.1 Å². The van der Waals surface area contributed by atoms with Crippen LogP contribution in [0.5, 0.6) is 0 Å². The lowest BCUT2D eigenvalue weighted by atomic mass is 10.2. The third-order valence-corrected chi connectivity index (χ3v) is 3.02. The van der Waals surface area contributed by atoms with E-state index < -0.39 is 0 Å². The van der Waals surface area contributed by atoms with Crippen molar-refractivity contribution in [2.75, 3.05) is 0 Å². The lowest BCUT2D eigenvalue weighted by Crippen LogP contribution is -1.98. The van der Waals surface area contributed by atoms with Gasteiger partial charge in [-0.05, 0) is 23.8 Å². The monoisotopic (exact) mass is 304 g/mol. The zero-order valence-corrected chi connectivity index (χ0v) is 10.7. The summed E-state index contributed by atoms with van der Waals surface area (Å²) in [4.78, 5) is 0. The number of benzene rings is 1. The lowest BCUT2D eigenvalue weighted by molar-refractivity contribution is 0.872. The molecule has 0 atom stereocenters. The first-order valence-corrected chi connectivity index (χ1v) is 6.13. The van der Waals surface area contributed by atoms with Gasteiger partial charge in [0.2, 0.25) is 0 Å². The van der Waals surface area contributed by atoms with Gasteiger partial charge in [0, 0.05) is 16.5 Å². The molecule has 0 aliphatic heterocycles. The number of hydrogen-bond acceptors (Lipinski definition) is 1. The zero-order chi connectivity index (χ0) is 10.8. The van der Waals surface area contributed by atoms with E-state index in [-0.39, 0.29) is 0 Å². The van der Waals surface area contributed by atoms with E-state index in [1.165, 1.54) is 0 Å². The van der Waals surface area contributed by atoms with E-state index in [9.17, 15) is 0 Å². The molecule has 1 aromatic heterocycles. The first-order chi connectivity index (χ1) is 7.20. The summed E-state index contributed by atoms with van der Waals surface area (Å²) in [5, 5.41) is 6.20. The third kappa shape index (κ3) is 2.36. The largest absolute Gasteiger partial charge is 0.239 e. The molecule has 0 spiro atoms. The molecule has 0 N–H and O–H groups in total. The number of halogens is 3. The van der Waals surface area contributed by atoms with E-state index in [4.69, 9.17) is 23.2 Å². The highest BCUT2D eigenvalue weighted by atomic mass is 79.9. The molecule has 0 aliphatic carbocycles. The summed E-state index contributed by atoms with van der Waals surface area (Å²) in [7, 11) is 0. The summed E-state index contributed by atoms with van der Waals surface area (Å²) >= 11 is 15.1. The van der Waals surface area contributed by atoms with Crippen LogP contribution in [0.2, 0.25) is 10.0 Å². The Labute approximate surface area is 106 Å². The van der Waals surface area contributed by atoms with Gasteiger partial charge in [0.05, 0.1) is 16.9 Å². The Kier molecular flexibility index (Phi) is 3.34. The van der Waals surface area contributed by atoms with Gasteiger partial charge in [-0.15, -0.1) is 0 Å². The highest BCUT2D eigenvalue weighted by Gasteiger charge is 2.05. The van der Waals surface area contributed by atoms with E-state index in [1.54, 1.807) is 17.1 Å². The molecule has 1 heterocycles. The Morgan fingerprint density at radius 3 is 2.67 bits per heavy atom. The SMILES string of the molecule is Clc1ccc(-n2cc(Cl)cn2)c(CBr)c1. The summed E-state index contributed by atoms with van der Waals surface area (Å²) in [5.74, 6) is 0. The van der Waals surface area contributed by atoms with Gasteiger partial charge in [0.1, 0.15) is 0 Å². The van der Waals surface area contributed by atoms with Crippen molar-refractivity contribution in [1.29, 1.82) is 0 Å². The number of hydrogen-bond donors (Lipinski definition) is 0. The molecule has 0 fully saturated rings. The second kappa shape index (κ2) is 4.56. The van der Waals surface area contributed by atoms with Crippen molar-refractivity contribution in [2.45, 2.75) is 5.33 Å². The maximum atomic E-state index is 5.91. The van der Waals surface area contributed by atoms with Crippen LogP contribution in [0.4, 0.5) is 0 Å². The van der Waals surface area contributed by atoms with Crippen molar-refractivity contribution in [2.24, 2.45) is 0 Å². The van der Waals surface area contributed by atoms with Crippen molar-refractivity contribution >= 4 is 39.1 Å². The Morgan fingerprint density at radius 1 is 1.27 bits per heavy atom. The van der Waals surface area contributed by atoms with Crippen LogP contribution in [-0.4, -0.2) is 9.78 Å². The minimum Gasteiger partial charge on any atom is -0.239 e. The van der Waals surface area contributed by atoms with Crippen molar-refractivity contribution in [1.82, 2.24) is 9.78 Å². The molecule has 2 aromatic rings. The fourth-order valence-corrected chi connectivity index (χ4v) is 2.10. The molecule has 0 saturated carbocycles. The molecule has 5 heteroatoms. The Bertz CT molecular complexity index is 482. The van der Waals surface area contributed by atoms with Crippen LogP contribution in [-0.2, 0) is 5.33 Å². The number of aromatic nitrogens is 2. The topological polar surface area (TPSA) is 17.8 Å². The van der Waals surface area contributed by atoms with Gasteiger partial charge in [-0.25, -0.2) is 4.68 Å². The predicted octanol–water partition coefficient (Wildman–Crippen LogP) is 4.07. The van der Waals surface area contributed by atoms with Gasteiger partial charge in [-0.3, -0.25) is 0 Å². The van der Waals surface area contributed by atoms with Crippen molar-refractivity contribution < 1.29 is 0 Å². The zero-order valence-electron chi connectivity index (χ0n) is 7.62.